The van der Waals surface area contributed by atoms with Gasteiger partial charge in [-0.1, -0.05) is 0 Å². The van der Waals surface area contributed by atoms with Crippen molar-refractivity contribution < 1.29 is 14.5 Å². The number of hydrogen-bond donors (Lipinski definition) is 0. The van der Waals surface area contributed by atoms with Gasteiger partial charge >= 0.3 is 5.82 Å². The molecule has 1 unspecified atom stereocenters. The lowest BCUT2D eigenvalue weighted by Gasteiger charge is -2.11. The van der Waals surface area contributed by atoms with Crippen molar-refractivity contribution in [2.24, 2.45) is 0 Å². The summed E-state index contributed by atoms with van der Waals surface area (Å²) in [6, 6.07) is 3.06. The highest BCUT2D eigenvalue weighted by Crippen LogP contribution is 2.28. The topological polar surface area (TPSA) is 82.3 Å². The van der Waals surface area contributed by atoms with Crippen LogP contribution in [-0.2, 0) is 4.79 Å². The number of ether oxygens (including phenoxy) is 1. The predicted molar refractivity (Wildman–Crippen MR) is 54.2 cm³/mol. The predicted octanol–water partition coefficient (Wildman–Crippen LogP) is 1.49. The third kappa shape index (κ3) is 2.16. The molecule has 84 valence electrons. The Morgan fingerprint density at radius 3 is 3.00 bits per heavy atom. The molecule has 1 aromatic rings. The summed E-state index contributed by atoms with van der Waals surface area (Å²) in [5.41, 5.74) is 0. The van der Waals surface area contributed by atoms with E-state index in [0.717, 1.165) is 0 Å². The summed E-state index contributed by atoms with van der Waals surface area (Å²) in [4.78, 5) is 24.7. The summed E-state index contributed by atoms with van der Waals surface area (Å²) in [5.74, 6) is -0.0365. The number of hydrogen-bond acceptors (Lipinski definition) is 5. The van der Waals surface area contributed by atoms with Gasteiger partial charge in [0.2, 0.25) is 5.75 Å². The second-order valence-electron chi connectivity index (χ2n) is 3.60. The van der Waals surface area contributed by atoms with E-state index in [0.29, 0.717) is 19.3 Å². The van der Waals surface area contributed by atoms with Gasteiger partial charge in [-0.3, -0.25) is 4.79 Å². The Hall–Kier alpha value is -1.98. The summed E-state index contributed by atoms with van der Waals surface area (Å²) in [6.07, 6.45) is 2.51. The highest BCUT2D eigenvalue weighted by atomic mass is 16.6. The first-order valence-electron chi connectivity index (χ1n) is 4.94. The van der Waals surface area contributed by atoms with Crippen molar-refractivity contribution in [3.63, 3.8) is 0 Å². The maximum absolute atomic E-state index is 11.0. The van der Waals surface area contributed by atoms with E-state index in [1.165, 1.54) is 12.3 Å². The van der Waals surface area contributed by atoms with E-state index in [4.69, 9.17) is 4.74 Å². The zero-order chi connectivity index (χ0) is 11.5. The molecule has 6 heteroatoms. The van der Waals surface area contributed by atoms with Crippen molar-refractivity contribution in [2.45, 2.75) is 25.4 Å². The van der Waals surface area contributed by atoms with E-state index in [1.807, 2.05) is 0 Å². The van der Waals surface area contributed by atoms with E-state index >= 15 is 0 Å². The number of pyridine rings is 1. The van der Waals surface area contributed by atoms with Crippen LogP contribution in [0.15, 0.2) is 18.3 Å². The van der Waals surface area contributed by atoms with Crippen LogP contribution in [0.5, 0.6) is 5.75 Å². The van der Waals surface area contributed by atoms with Crippen LogP contribution in [-0.4, -0.2) is 21.8 Å². The number of Topliss-reactive ketones (excluding diaryl/α,β-unsaturated/α-hetero) is 1. The summed E-state index contributed by atoms with van der Waals surface area (Å²) < 4.78 is 5.41. The minimum absolute atomic E-state index is 0.132. The van der Waals surface area contributed by atoms with E-state index in [1.54, 1.807) is 6.07 Å². The van der Waals surface area contributed by atoms with Crippen molar-refractivity contribution in [3.8, 4) is 5.75 Å². The van der Waals surface area contributed by atoms with Gasteiger partial charge in [-0.25, -0.2) is 0 Å². The monoisotopic (exact) mass is 222 g/mol. The van der Waals surface area contributed by atoms with Crippen LogP contribution in [0.3, 0.4) is 0 Å². The molecule has 0 aliphatic heterocycles. The van der Waals surface area contributed by atoms with Crippen LogP contribution >= 0.6 is 0 Å². The maximum atomic E-state index is 11.0. The van der Waals surface area contributed by atoms with Gasteiger partial charge in [0, 0.05) is 12.8 Å². The lowest BCUT2D eigenvalue weighted by atomic mass is 10.3. The van der Waals surface area contributed by atoms with Gasteiger partial charge in [-0.15, -0.1) is 0 Å². The quantitative estimate of drug-likeness (QED) is 0.571. The summed E-state index contributed by atoms with van der Waals surface area (Å²) >= 11 is 0. The molecule has 1 aliphatic carbocycles. The molecule has 0 aromatic carbocycles. The largest absolute Gasteiger partial charge is 0.482 e. The van der Waals surface area contributed by atoms with E-state index in [-0.39, 0.29) is 23.5 Å². The molecule has 1 aliphatic rings. The molecule has 6 nitrogen and oxygen atoms in total. The van der Waals surface area contributed by atoms with Gasteiger partial charge in [0.25, 0.3) is 0 Å². The molecule has 0 bridgehead atoms. The third-order valence-electron chi connectivity index (χ3n) is 2.42. The van der Waals surface area contributed by atoms with Gasteiger partial charge in [-0.05, 0) is 28.5 Å². The molecular formula is C10H10N2O4. The molecule has 16 heavy (non-hydrogen) atoms. The van der Waals surface area contributed by atoms with Gasteiger partial charge in [0.1, 0.15) is 18.1 Å². The second kappa shape index (κ2) is 4.26. The molecule has 0 saturated heterocycles. The molecule has 0 spiro atoms. The number of nitro groups is 1. The van der Waals surface area contributed by atoms with Gasteiger partial charge in [-0.2, -0.15) is 0 Å². The van der Waals surface area contributed by atoms with Gasteiger partial charge in [0.05, 0.1) is 0 Å². The molecule has 1 saturated carbocycles. The number of aromatic nitrogens is 1. The Labute approximate surface area is 91.4 Å². The summed E-state index contributed by atoms with van der Waals surface area (Å²) in [6.45, 7) is 0. The lowest BCUT2D eigenvalue weighted by molar-refractivity contribution is -0.390. The van der Waals surface area contributed by atoms with Crippen molar-refractivity contribution in [1.82, 2.24) is 4.98 Å². The first-order valence-corrected chi connectivity index (χ1v) is 4.94. The number of rotatable bonds is 3. The molecule has 0 radical (unpaired) electrons. The molecule has 0 N–H and O–H groups in total. The van der Waals surface area contributed by atoms with E-state index in [9.17, 15) is 14.9 Å². The average Bonchev–Trinajstić information content (AvgIpc) is 2.64. The molecule has 1 aromatic heterocycles. The Morgan fingerprint density at radius 1 is 1.56 bits per heavy atom. The smallest absolute Gasteiger partial charge is 0.406 e. The van der Waals surface area contributed by atoms with Crippen LogP contribution < -0.4 is 4.74 Å². The first-order chi connectivity index (χ1) is 7.66. The molecule has 1 heterocycles. The fraction of sp³-hybridized carbons (Fsp3) is 0.400. The van der Waals surface area contributed by atoms with Crippen molar-refractivity contribution in [1.29, 1.82) is 0 Å². The number of nitrogens with zero attached hydrogens (tertiary/aromatic N) is 2. The van der Waals surface area contributed by atoms with E-state index in [2.05, 4.69) is 4.98 Å². The minimum atomic E-state index is -0.591. The van der Waals surface area contributed by atoms with Gasteiger partial charge in [0.15, 0.2) is 0 Å². The zero-order valence-corrected chi connectivity index (χ0v) is 8.46. The normalized spacial score (nSPS) is 19.8. The molecule has 2 rings (SSSR count). The number of carbonyl (C=O) groups is 1. The molecule has 1 fully saturated rings. The van der Waals surface area contributed by atoms with E-state index < -0.39 is 4.92 Å². The van der Waals surface area contributed by atoms with Crippen molar-refractivity contribution >= 4 is 11.6 Å². The van der Waals surface area contributed by atoms with Crippen LogP contribution in [0.1, 0.15) is 19.3 Å². The first kappa shape index (κ1) is 10.5. The Balaban J connectivity index is 2.14. The molecular weight excluding hydrogens is 212 g/mol. The Kier molecular flexibility index (Phi) is 2.80. The lowest BCUT2D eigenvalue weighted by Crippen LogP contribution is -2.13. The molecule has 1 atom stereocenters. The third-order valence-corrected chi connectivity index (χ3v) is 2.42. The summed E-state index contributed by atoms with van der Waals surface area (Å²) in [5, 5.41) is 10.7. The maximum Gasteiger partial charge on any atom is 0.406 e. The fourth-order valence-electron chi connectivity index (χ4n) is 1.67. The average molecular weight is 222 g/mol. The van der Waals surface area contributed by atoms with Crippen LogP contribution in [0, 0.1) is 10.1 Å². The second-order valence-corrected chi connectivity index (χ2v) is 3.60. The number of carbonyl (C=O) groups excluding carboxylic acids is 1. The van der Waals surface area contributed by atoms with Crippen LogP contribution in [0.2, 0.25) is 0 Å². The summed E-state index contributed by atoms with van der Waals surface area (Å²) in [7, 11) is 0. The SMILES string of the molecule is O=C1CCC(Oc2cccnc2[N+](=O)[O-])C1. The minimum Gasteiger partial charge on any atom is -0.482 e. The van der Waals surface area contributed by atoms with Crippen molar-refractivity contribution in [3.05, 3.63) is 28.4 Å². The van der Waals surface area contributed by atoms with Gasteiger partial charge < -0.3 is 14.9 Å². The molecule has 0 amide bonds. The van der Waals surface area contributed by atoms with Crippen molar-refractivity contribution in [2.75, 3.05) is 0 Å². The Bertz CT molecular complexity index is 433. The highest BCUT2D eigenvalue weighted by molar-refractivity contribution is 5.81. The zero-order valence-electron chi connectivity index (χ0n) is 8.46. The fourth-order valence-corrected chi connectivity index (χ4v) is 1.67. The standard InChI is InChI=1S/C10H10N2O4/c13-7-3-4-8(6-7)16-9-2-1-5-11-10(9)12(14)15/h1-2,5,8H,3-4,6H2. The van der Waals surface area contributed by atoms with Crippen LogP contribution in [0.4, 0.5) is 5.82 Å². The highest BCUT2D eigenvalue weighted by Gasteiger charge is 2.26. The number of ketones is 1. The Morgan fingerprint density at radius 2 is 2.38 bits per heavy atom. The van der Waals surface area contributed by atoms with Crippen LogP contribution in [0.25, 0.3) is 0 Å².